The lowest BCUT2D eigenvalue weighted by atomic mass is 10.2. The number of nitro benzene ring substituents is 1. The second kappa shape index (κ2) is 4.08. The molecule has 1 aromatic rings. The van der Waals surface area contributed by atoms with Crippen LogP contribution in [0, 0.1) is 24.9 Å². The highest BCUT2D eigenvalue weighted by Gasteiger charge is 2.46. The van der Waals surface area contributed by atoms with Gasteiger partial charge in [-0.3, -0.25) is 10.1 Å². The van der Waals surface area contributed by atoms with Gasteiger partial charge in [-0.1, -0.05) is 13.8 Å². The molecule has 92 valence electrons. The number of nitrogens with zero attached hydrogens (tertiary/aromatic N) is 1. The first-order valence-electron chi connectivity index (χ1n) is 5.21. The van der Waals surface area contributed by atoms with Crippen molar-refractivity contribution in [1.82, 2.24) is 0 Å². The Labute approximate surface area is 112 Å². The predicted molar refractivity (Wildman–Crippen MR) is 71.6 cm³/mol. The topological polar surface area (TPSA) is 55.2 Å². The van der Waals surface area contributed by atoms with Gasteiger partial charge in [-0.2, -0.15) is 0 Å². The molecule has 1 unspecified atom stereocenters. The third kappa shape index (κ3) is 2.51. The molecule has 6 heteroatoms. The molecule has 1 fully saturated rings. The molecule has 0 saturated heterocycles. The van der Waals surface area contributed by atoms with Crippen LogP contribution in [0.1, 0.15) is 20.3 Å². The standard InChI is InChI=1S/C11H12FIN2O2/c1-11(2)5-10(11)14-8-3-6(12)7(13)4-9(8)15(16)17/h3-4,10,14H,5H2,1-2H3. The van der Waals surface area contributed by atoms with E-state index in [1.54, 1.807) is 22.6 Å². The van der Waals surface area contributed by atoms with E-state index >= 15 is 0 Å². The Kier molecular flexibility index (Phi) is 3.01. The summed E-state index contributed by atoms with van der Waals surface area (Å²) in [6.45, 7) is 4.14. The highest BCUT2D eigenvalue weighted by molar-refractivity contribution is 14.1. The molecule has 1 aliphatic rings. The molecule has 1 aromatic carbocycles. The normalized spacial score (nSPS) is 21.1. The maximum Gasteiger partial charge on any atom is 0.293 e. The van der Waals surface area contributed by atoms with Crippen molar-refractivity contribution < 1.29 is 9.31 Å². The minimum atomic E-state index is -0.487. The third-order valence-corrected chi connectivity index (χ3v) is 3.91. The van der Waals surface area contributed by atoms with Crippen molar-refractivity contribution in [2.45, 2.75) is 26.3 Å². The molecule has 0 aliphatic heterocycles. The van der Waals surface area contributed by atoms with Gasteiger partial charge in [0.25, 0.3) is 5.69 Å². The zero-order valence-corrected chi connectivity index (χ0v) is 11.6. The fourth-order valence-electron chi connectivity index (χ4n) is 1.70. The number of halogens is 2. The summed E-state index contributed by atoms with van der Waals surface area (Å²) < 4.78 is 13.7. The quantitative estimate of drug-likeness (QED) is 0.515. The van der Waals surface area contributed by atoms with E-state index in [0.717, 1.165) is 6.42 Å². The lowest BCUT2D eigenvalue weighted by molar-refractivity contribution is -0.384. The average molecular weight is 350 g/mol. The van der Waals surface area contributed by atoms with Crippen LogP contribution in [0.2, 0.25) is 0 Å². The summed E-state index contributed by atoms with van der Waals surface area (Å²) in [5, 5.41) is 13.9. The number of nitrogens with one attached hydrogen (secondary N) is 1. The highest BCUT2D eigenvalue weighted by atomic mass is 127. The summed E-state index contributed by atoms with van der Waals surface area (Å²) >= 11 is 1.75. The monoisotopic (exact) mass is 350 g/mol. The first-order chi connectivity index (χ1) is 7.81. The van der Waals surface area contributed by atoms with Crippen LogP contribution in [0.25, 0.3) is 0 Å². The van der Waals surface area contributed by atoms with E-state index in [0.29, 0.717) is 0 Å². The van der Waals surface area contributed by atoms with Crippen LogP contribution < -0.4 is 5.32 Å². The van der Waals surface area contributed by atoms with Gasteiger partial charge in [-0.25, -0.2) is 4.39 Å². The van der Waals surface area contributed by atoms with Gasteiger partial charge in [0.1, 0.15) is 11.5 Å². The Hall–Kier alpha value is -0.920. The van der Waals surface area contributed by atoms with Gasteiger partial charge in [0.05, 0.1) is 8.49 Å². The average Bonchev–Trinajstić information content (AvgIpc) is 2.79. The van der Waals surface area contributed by atoms with Crippen LogP contribution in [0.3, 0.4) is 0 Å². The summed E-state index contributed by atoms with van der Waals surface area (Å²) in [5.41, 5.74) is 0.329. The van der Waals surface area contributed by atoms with Crippen LogP contribution in [0.5, 0.6) is 0 Å². The molecule has 0 heterocycles. The Morgan fingerprint density at radius 3 is 2.65 bits per heavy atom. The molecule has 0 radical (unpaired) electrons. The number of benzene rings is 1. The minimum absolute atomic E-state index is 0.0708. The first-order valence-corrected chi connectivity index (χ1v) is 6.29. The molecule has 1 N–H and O–H groups in total. The van der Waals surface area contributed by atoms with Gasteiger partial charge >= 0.3 is 0 Å². The molecule has 17 heavy (non-hydrogen) atoms. The summed E-state index contributed by atoms with van der Waals surface area (Å²) in [7, 11) is 0. The molecule has 2 rings (SSSR count). The van der Waals surface area contributed by atoms with Crippen molar-refractivity contribution in [1.29, 1.82) is 0 Å². The fourth-order valence-corrected chi connectivity index (χ4v) is 2.15. The lowest BCUT2D eigenvalue weighted by Crippen LogP contribution is -2.10. The van der Waals surface area contributed by atoms with Crippen molar-refractivity contribution in [3.8, 4) is 0 Å². The minimum Gasteiger partial charge on any atom is -0.376 e. The van der Waals surface area contributed by atoms with Crippen molar-refractivity contribution in [2.24, 2.45) is 5.41 Å². The van der Waals surface area contributed by atoms with Gasteiger partial charge in [-0.05, 0) is 34.4 Å². The molecular formula is C11H12FIN2O2. The molecule has 1 saturated carbocycles. The van der Waals surface area contributed by atoms with E-state index in [2.05, 4.69) is 19.2 Å². The van der Waals surface area contributed by atoms with E-state index in [-0.39, 0.29) is 26.4 Å². The molecule has 4 nitrogen and oxygen atoms in total. The van der Waals surface area contributed by atoms with Crippen molar-refractivity contribution >= 4 is 34.0 Å². The highest BCUT2D eigenvalue weighted by Crippen LogP contribution is 2.47. The van der Waals surface area contributed by atoms with E-state index in [1.807, 2.05) is 0 Å². The van der Waals surface area contributed by atoms with Crippen LogP contribution in [0.4, 0.5) is 15.8 Å². The van der Waals surface area contributed by atoms with Gasteiger partial charge in [0, 0.05) is 18.2 Å². The van der Waals surface area contributed by atoms with Crippen molar-refractivity contribution in [2.75, 3.05) is 5.32 Å². The van der Waals surface area contributed by atoms with Gasteiger partial charge in [0.15, 0.2) is 0 Å². The second-order valence-electron chi connectivity index (χ2n) is 4.93. The van der Waals surface area contributed by atoms with Crippen LogP contribution in [-0.2, 0) is 0 Å². The lowest BCUT2D eigenvalue weighted by Gasteiger charge is -2.09. The number of nitro groups is 1. The van der Waals surface area contributed by atoms with E-state index < -0.39 is 10.7 Å². The Morgan fingerprint density at radius 1 is 1.59 bits per heavy atom. The smallest absolute Gasteiger partial charge is 0.293 e. The molecular weight excluding hydrogens is 338 g/mol. The number of rotatable bonds is 3. The van der Waals surface area contributed by atoms with Crippen LogP contribution in [0.15, 0.2) is 12.1 Å². The Bertz CT molecular complexity index is 491. The third-order valence-electron chi connectivity index (χ3n) is 3.08. The summed E-state index contributed by atoms with van der Waals surface area (Å²) in [6.07, 6.45) is 0.942. The zero-order chi connectivity index (χ0) is 12.8. The maximum absolute atomic E-state index is 13.4. The van der Waals surface area contributed by atoms with Crippen LogP contribution >= 0.6 is 22.6 Å². The second-order valence-corrected chi connectivity index (χ2v) is 6.09. The Morgan fingerprint density at radius 2 is 2.18 bits per heavy atom. The summed E-state index contributed by atoms with van der Waals surface area (Å²) in [4.78, 5) is 10.4. The summed E-state index contributed by atoms with van der Waals surface area (Å²) in [5.74, 6) is -0.433. The number of hydrogen-bond acceptors (Lipinski definition) is 3. The number of anilines is 1. The first kappa shape index (κ1) is 12.5. The van der Waals surface area contributed by atoms with Crippen molar-refractivity contribution in [3.05, 3.63) is 31.6 Å². The number of hydrogen-bond donors (Lipinski definition) is 1. The van der Waals surface area contributed by atoms with E-state index in [9.17, 15) is 14.5 Å². The Balaban J connectivity index is 2.32. The van der Waals surface area contributed by atoms with Gasteiger partial charge < -0.3 is 5.32 Å². The largest absolute Gasteiger partial charge is 0.376 e. The molecule has 1 aliphatic carbocycles. The van der Waals surface area contributed by atoms with Gasteiger partial charge in [-0.15, -0.1) is 0 Å². The molecule has 0 amide bonds. The molecule has 0 aromatic heterocycles. The molecule has 0 spiro atoms. The predicted octanol–water partition coefficient (Wildman–Crippen LogP) is 3.55. The van der Waals surface area contributed by atoms with Crippen molar-refractivity contribution in [3.63, 3.8) is 0 Å². The van der Waals surface area contributed by atoms with Crippen LogP contribution in [-0.4, -0.2) is 11.0 Å². The molecule has 0 bridgehead atoms. The molecule has 1 atom stereocenters. The van der Waals surface area contributed by atoms with E-state index in [4.69, 9.17) is 0 Å². The SMILES string of the molecule is CC1(C)CC1Nc1cc(F)c(I)cc1[N+](=O)[O-]. The maximum atomic E-state index is 13.4. The fraction of sp³-hybridized carbons (Fsp3) is 0.455. The zero-order valence-electron chi connectivity index (χ0n) is 9.46. The van der Waals surface area contributed by atoms with E-state index in [1.165, 1.54) is 12.1 Å². The summed E-state index contributed by atoms with van der Waals surface area (Å²) in [6, 6.07) is 2.64. The van der Waals surface area contributed by atoms with Gasteiger partial charge in [0.2, 0.25) is 0 Å².